The molecule has 1 aromatic rings. The Morgan fingerprint density at radius 1 is 1.28 bits per heavy atom. The summed E-state index contributed by atoms with van der Waals surface area (Å²) in [5, 5.41) is 4.01. The van der Waals surface area contributed by atoms with Gasteiger partial charge in [-0.05, 0) is 25.7 Å². The average Bonchev–Trinajstić information content (AvgIpc) is 2.24. The van der Waals surface area contributed by atoms with Crippen LogP contribution in [0, 0.1) is 12.3 Å². The maximum absolute atomic E-state index is 6.16. The zero-order chi connectivity index (χ0) is 13.9. The highest BCUT2D eigenvalue weighted by atomic mass is 35.5. The van der Waals surface area contributed by atoms with Gasteiger partial charge in [0.05, 0.1) is 0 Å². The van der Waals surface area contributed by atoms with E-state index in [-0.39, 0.29) is 5.41 Å². The Balaban J connectivity index is 3.00. The van der Waals surface area contributed by atoms with Crippen molar-refractivity contribution in [2.24, 2.45) is 5.41 Å². The molecule has 1 atom stereocenters. The topological polar surface area (TPSA) is 37.8 Å². The molecular formula is C14H24ClN3. The summed E-state index contributed by atoms with van der Waals surface area (Å²) in [5.74, 6) is 1.68. The van der Waals surface area contributed by atoms with Gasteiger partial charge in [0.2, 0.25) is 0 Å². The summed E-state index contributed by atoms with van der Waals surface area (Å²) in [6.07, 6.45) is 1.88. The highest BCUT2D eigenvalue weighted by Crippen LogP contribution is 2.26. The van der Waals surface area contributed by atoms with Crippen molar-refractivity contribution in [2.75, 3.05) is 5.32 Å². The van der Waals surface area contributed by atoms with Gasteiger partial charge in [-0.15, -0.1) is 0 Å². The minimum absolute atomic E-state index is 0.175. The van der Waals surface area contributed by atoms with E-state index < -0.39 is 0 Å². The molecule has 1 rings (SSSR count). The van der Waals surface area contributed by atoms with Gasteiger partial charge in [-0.1, -0.05) is 39.3 Å². The van der Waals surface area contributed by atoms with E-state index in [0.717, 1.165) is 30.0 Å². The summed E-state index contributed by atoms with van der Waals surface area (Å²) in [6.45, 7) is 12.8. The minimum Gasteiger partial charge on any atom is -0.367 e. The molecule has 102 valence electrons. The van der Waals surface area contributed by atoms with E-state index >= 15 is 0 Å². The molecule has 0 bridgehead atoms. The lowest BCUT2D eigenvalue weighted by molar-refractivity contribution is 0.358. The van der Waals surface area contributed by atoms with E-state index in [2.05, 4.69) is 49.9 Å². The predicted molar refractivity (Wildman–Crippen MR) is 78.3 cm³/mol. The molecule has 0 spiro atoms. The number of nitrogens with zero attached hydrogens (tertiary/aromatic N) is 2. The molecular weight excluding hydrogens is 246 g/mol. The van der Waals surface area contributed by atoms with E-state index in [1.165, 1.54) is 0 Å². The highest BCUT2D eigenvalue weighted by molar-refractivity contribution is 6.30. The van der Waals surface area contributed by atoms with Crippen molar-refractivity contribution < 1.29 is 0 Å². The van der Waals surface area contributed by atoms with Crippen molar-refractivity contribution in [1.82, 2.24) is 9.97 Å². The number of aromatic nitrogens is 2. The van der Waals surface area contributed by atoms with Crippen LogP contribution >= 0.6 is 11.6 Å². The lowest BCUT2D eigenvalue weighted by Gasteiger charge is -2.29. The molecule has 3 nitrogen and oxygen atoms in total. The van der Waals surface area contributed by atoms with Gasteiger partial charge < -0.3 is 5.32 Å². The van der Waals surface area contributed by atoms with Crippen molar-refractivity contribution in [1.29, 1.82) is 0 Å². The van der Waals surface area contributed by atoms with Gasteiger partial charge in [0.15, 0.2) is 0 Å². The lowest BCUT2D eigenvalue weighted by atomic mass is 9.88. The SMILES string of the molecule is CCCc1nc(Cl)c(C)c(NC(C)C(C)(C)C)n1. The number of rotatable bonds is 4. The van der Waals surface area contributed by atoms with Crippen molar-refractivity contribution in [2.45, 2.75) is 60.4 Å². The quantitative estimate of drug-likeness (QED) is 0.831. The Morgan fingerprint density at radius 3 is 2.39 bits per heavy atom. The first-order valence-electron chi connectivity index (χ1n) is 6.55. The summed E-state index contributed by atoms with van der Waals surface area (Å²) in [6, 6.07) is 0.316. The molecule has 0 aliphatic heterocycles. The van der Waals surface area contributed by atoms with Gasteiger partial charge in [-0.25, -0.2) is 9.97 Å². The molecule has 0 radical (unpaired) electrons. The van der Waals surface area contributed by atoms with Crippen LogP contribution in [0.3, 0.4) is 0 Å². The maximum atomic E-state index is 6.16. The molecule has 1 unspecified atom stereocenters. The highest BCUT2D eigenvalue weighted by Gasteiger charge is 2.21. The summed E-state index contributed by atoms with van der Waals surface area (Å²) >= 11 is 6.16. The lowest BCUT2D eigenvalue weighted by Crippen LogP contribution is -2.31. The van der Waals surface area contributed by atoms with E-state index in [1.807, 2.05) is 6.92 Å². The van der Waals surface area contributed by atoms with Gasteiger partial charge in [0.25, 0.3) is 0 Å². The standard InChI is InChI=1S/C14H24ClN3/c1-7-8-11-17-12(15)9(2)13(18-11)16-10(3)14(4,5)6/h10H,7-8H2,1-6H3,(H,16,17,18). The second-order valence-corrected chi connectivity index (χ2v) is 6.24. The molecule has 4 heteroatoms. The number of nitrogens with one attached hydrogen (secondary N) is 1. The van der Waals surface area contributed by atoms with Gasteiger partial charge >= 0.3 is 0 Å². The first-order chi connectivity index (χ1) is 8.25. The third-order valence-corrected chi connectivity index (χ3v) is 3.63. The molecule has 18 heavy (non-hydrogen) atoms. The molecule has 0 aliphatic rings. The van der Waals surface area contributed by atoms with Crippen molar-refractivity contribution in [3.05, 3.63) is 16.5 Å². The Hall–Kier alpha value is -0.830. The van der Waals surface area contributed by atoms with Crippen LogP contribution in [0.25, 0.3) is 0 Å². The van der Waals surface area contributed by atoms with E-state index in [9.17, 15) is 0 Å². The first kappa shape index (κ1) is 15.2. The van der Waals surface area contributed by atoms with Crippen LogP contribution < -0.4 is 5.32 Å². The largest absolute Gasteiger partial charge is 0.367 e. The summed E-state index contributed by atoms with van der Waals surface area (Å²) in [4.78, 5) is 8.88. The second-order valence-electron chi connectivity index (χ2n) is 5.89. The molecule has 0 saturated carbocycles. The zero-order valence-corrected chi connectivity index (χ0v) is 13.0. The Kier molecular flexibility index (Phi) is 4.97. The summed E-state index contributed by atoms with van der Waals surface area (Å²) in [7, 11) is 0. The number of anilines is 1. The Bertz CT molecular complexity index is 410. The van der Waals surface area contributed by atoms with Crippen LogP contribution in [0.4, 0.5) is 5.82 Å². The number of hydrogen-bond donors (Lipinski definition) is 1. The summed E-state index contributed by atoms with van der Waals surface area (Å²) < 4.78 is 0. The number of aryl methyl sites for hydroxylation is 1. The maximum Gasteiger partial charge on any atom is 0.137 e. The number of hydrogen-bond acceptors (Lipinski definition) is 3. The third kappa shape index (κ3) is 3.84. The Morgan fingerprint density at radius 2 is 1.89 bits per heavy atom. The van der Waals surface area contributed by atoms with Gasteiger partial charge in [-0.3, -0.25) is 0 Å². The number of halogens is 1. The molecule has 0 amide bonds. The van der Waals surface area contributed by atoms with Gasteiger partial charge in [0, 0.05) is 18.0 Å². The smallest absolute Gasteiger partial charge is 0.137 e. The van der Waals surface area contributed by atoms with Crippen LogP contribution in [0.15, 0.2) is 0 Å². The summed E-state index contributed by atoms with van der Waals surface area (Å²) in [5.41, 5.74) is 1.10. The molecule has 0 fully saturated rings. The van der Waals surface area contributed by atoms with Crippen LogP contribution in [-0.2, 0) is 6.42 Å². The van der Waals surface area contributed by atoms with E-state index in [4.69, 9.17) is 11.6 Å². The van der Waals surface area contributed by atoms with Gasteiger partial charge in [-0.2, -0.15) is 0 Å². The second kappa shape index (κ2) is 5.87. The normalized spacial score (nSPS) is 13.5. The first-order valence-corrected chi connectivity index (χ1v) is 6.93. The fourth-order valence-electron chi connectivity index (χ4n) is 1.43. The van der Waals surface area contributed by atoms with Crippen LogP contribution in [0.1, 0.15) is 52.4 Å². The molecule has 1 aromatic heterocycles. The molecule has 0 saturated heterocycles. The van der Waals surface area contributed by atoms with Crippen LogP contribution in [0.5, 0.6) is 0 Å². The predicted octanol–water partition coefficient (Wildman–Crippen LogP) is 4.24. The Labute approximate surface area is 115 Å². The van der Waals surface area contributed by atoms with Crippen LogP contribution in [0.2, 0.25) is 5.15 Å². The van der Waals surface area contributed by atoms with Crippen molar-refractivity contribution in [3.63, 3.8) is 0 Å². The molecule has 1 N–H and O–H groups in total. The van der Waals surface area contributed by atoms with Crippen molar-refractivity contribution >= 4 is 17.4 Å². The fraction of sp³-hybridized carbons (Fsp3) is 0.714. The van der Waals surface area contributed by atoms with Gasteiger partial charge in [0.1, 0.15) is 16.8 Å². The van der Waals surface area contributed by atoms with Crippen LogP contribution in [-0.4, -0.2) is 16.0 Å². The minimum atomic E-state index is 0.175. The van der Waals surface area contributed by atoms with Crippen molar-refractivity contribution in [3.8, 4) is 0 Å². The van der Waals surface area contributed by atoms with E-state index in [1.54, 1.807) is 0 Å². The molecule has 0 aliphatic carbocycles. The average molecular weight is 270 g/mol. The molecule has 1 heterocycles. The fourth-order valence-corrected chi connectivity index (χ4v) is 1.62. The zero-order valence-electron chi connectivity index (χ0n) is 12.3. The monoisotopic (exact) mass is 269 g/mol. The molecule has 0 aromatic carbocycles. The van der Waals surface area contributed by atoms with E-state index in [0.29, 0.717) is 11.2 Å². The third-order valence-electron chi connectivity index (χ3n) is 3.26.